The molecule has 1 aromatic carbocycles. The number of halogens is 1. The maximum Gasteiger partial charge on any atom is 0.269 e. The number of fused-ring (bicyclic) bond motifs is 1. The lowest BCUT2D eigenvalue weighted by Crippen LogP contribution is -2.25. The van der Waals surface area contributed by atoms with E-state index >= 15 is 0 Å². The van der Waals surface area contributed by atoms with Crippen LogP contribution < -0.4 is 15.8 Å². The number of carbonyl (C=O) groups is 1. The van der Waals surface area contributed by atoms with E-state index in [1.807, 2.05) is 6.92 Å². The molecule has 3 aromatic rings. The van der Waals surface area contributed by atoms with Crippen LogP contribution in [0.2, 0.25) is 0 Å². The number of carbonyl (C=O) groups excluding carboxylic acids is 1. The Balaban J connectivity index is 1.61. The minimum atomic E-state index is -0.610. The van der Waals surface area contributed by atoms with Crippen LogP contribution >= 0.6 is 0 Å². The van der Waals surface area contributed by atoms with Crippen molar-refractivity contribution < 1.29 is 13.9 Å². The van der Waals surface area contributed by atoms with Gasteiger partial charge in [-0.2, -0.15) is 0 Å². The lowest BCUT2D eigenvalue weighted by atomic mass is 9.96. The summed E-state index contributed by atoms with van der Waals surface area (Å²) in [6, 6.07) is 7.75. The van der Waals surface area contributed by atoms with Gasteiger partial charge in [0, 0.05) is 5.56 Å². The van der Waals surface area contributed by atoms with E-state index in [0.29, 0.717) is 22.8 Å². The molecule has 1 fully saturated rings. The van der Waals surface area contributed by atoms with Crippen molar-refractivity contribution in [3.05, 3.63) is 53.6 Å². The molecule has 27 heavy (non-hydrogen) atoms. The molecule has 0 radical (unpaired) electrons. The van der Waals surface area contributed by atoms with E-state index < -0.39 is 5.91 Å². The van der Waals surface area contributed by atoms with Crippen LogP contribution in [0.1, 0.15) is 48.3 Å². The van der Waals surface area contributed by atoms with Crippen molar-refractivity contribution >= 4 is 17.4 Å². The zero-order valence-corrected chi connectivity index (χ0v) is 14.9. The van der Waals surface area contributed by atoms with Gasteiger partial charge in [-0.15, -0.1) is 5.10 Å². The largest absolute Gasteiger partial charge is 0.490 e. The van der Waals surface area contributed by atoms with Gasteiger partial charge in [0.15, 0.2) is 5.65 Å². The summed E-state index contributed by atoms with van der Waals surface area (Å²) in [5.41, 5.74) is 6.77. The van der Waals surface area contributed by atoms with Gasteiger partial charge in [0.05, 0.1) is 18.3 Å². The van der Waals surface area contributed by atoms with Crippen LogP contribution in [-0.4, -0.2) is 26.6 Å². The summed E-state index contributed by atoms with van der Waals surface area (Å²) < 4.78 is 21.2. The van der Waals surface area contributed by atoms with Crippen molar-refractivity contribution in [1.29, 1.82) is 0 Å². The van der Waals surface area contributed by atoms with Crippen molar-refractivity contribution in [2.24, 2.45) is 5.73 Å². The van der Waals surface area contributed by atoms with Gasteiger partial charge in [0.1, 0.15) is 23.1 Å². The van der Waals surface area contributed by atoms with Crippen molar-refractivity contribution in [2.45, 2.75) is 38.3 Å². The normalized spacial score (nSPS) is 15.3. The molecule has 8 heteroatoms. The van der Waals surface area contributed by atoms with Gasteiger partial charge in [0.25, 0.3) is 5.91 Å². The van der Waals surface area contributed by atoms with Crippen LogP contribution in [0.5, 0.6) is 5.75 Å². The maximum absolute atomic E-state index is 13.8. The number of anilines is 1. The van der Waals surface area contributed by atoms with E-state index in [1.165, 1.54) is 22.8 Å². The molecule has 3 N–H and O–H groups in total. The lowest BCUT2D eigenvalue weighted by Gasteiger charge is -2.28. The van der Waals surface area contributed by atoms with E-state index in [-0.39, 0.29) is 23.7 Å². The van der Waals surface area contributed by atoms with Crippen LogP contribution in [0, 0.1) is 5.82 Å². The van der Waals surface area contributed by atoms with Gasteiger partial charge in [-0.3, -0.25) is 4.79 Å². The van der Waals surface area contributed by atoms with Gasteiger partial charge >= 0.3 is 0 Å². The molecule has 0 aliphatic heterocycles. The minimum absolute atomic E-state index is 0.194. The molecule has 0 bridgehead atoms. The van der Waals surface area contributed by atoms with Crippen molar-refractivity contribution in [3.63, 3.8) is 0 Å². The first-order chi connectivity index (χ1) is 13.0. The Morgan fingerprint density at radius 2 is 2.19 bits per heavy atom. The Kier molecular flexibility index (Phi) is 4.39. The maximum atomic E-state index is 13.8. The Bertz CT molecular complexity index is 999. The number of imidazole rings is 1. The Morgan fingerprint density at radius 3 is 2.89 bits per heavy atom. The number of primary amides is 1. The molecule has 4 rings (SSSR count). The third-order valence-corrected chi connectivity index (χ3v) is 4.76. The lowest BCUT2D eigenvalue weighted by molar-refractivity contribution is 0.0993. The number of nitrogens with two attached hydrogens (primary N) is 1. The third-order valence-electron chi connectivity index (χ3n) is 4.76. The first-order valence-electron chi connectivity index (χ1n) is 8.88. The smallest absolute Gasteiger partial charge is 0.269 e. The zero-order chi connectivity index (χ0) is 19.0. The Labute approximate surface area is 155 Å². The summed E-state index contributed by atoms with van der Waals surface area (Å²) in [5.74, 6) is 0.243. The predicted octanol–water partition coefficient (Wildman–Crippen LogP) is 3.07. The minimum Gasteiger partial charge on any atom is -0.490 e. The van der Waals surface area contributed by atoms with E-state index in [4.69, 9.17) is 10.5 Å². The van der Waals surface area contributed by atoms with Gasteiger partial charge < -0.3 is 15.8 Å². The number of nitrogens with zero attached hydrogens (tertiary/aromatic N) is 3. The molecule has 0 saturated heterocycles. The summed E-state index contributed by atoms with van der Waals surface area (Å²) >= 11 is 0. The molecule has 7 nitrogen and oxygen atoms in total. The monoisotopic (exact) mass is 369 g/mol. The molecule has 1 atom stereocenters. The quantitative estimate of drug-likeness (QED) is 0.696. The molecule has 1 aliphatic rings. The van der Waals surface area contributed by atoms with Gasteiger partial charge in [-0.05, 0) is 56.5 Å². The molecular formula is C19H20FN5O2. The number of nitrogens with one attached hydrogen (secondary N) is 1. The van der Waals surface area contributed by atoms with Crippen molar-refractivity contribution in [2.75, 3.05) is 5.32 Å². The fraction of sp³-hybridized carbons (Fsp3) is 0.316. The second kappa shape index (κ2) is 6.86. The molecule has 2 aromatic heterocycles. The van der Waals surface area contributed by atoms with Crippen LogP contribution in [0.25, 0.3) is 5.65 Å². The summed E-state index contributed by atoms with van der Waals surface area (Å²) in [4.78, 5) is 15.6. The van der Waals surface area contributed by atoms with Gasteiger partial charge in [0.2, 0.25) is 0 Å². The molecule has 2 heterocycles. The molecule has 0 spiro atoms. The first-order valence-corrected chi connectivity index (χ1v) is 8.88. The standard InChI is InChI=1S/C19H20FN5O2/c1-11(14-9-12(20)5-6-16(14)27-13-3-2-4-13)23-17-7-8-18-22-10-15(19(21)26)25(18)24-17/h5-11,13H,2-4H2,1H3,(H2,21,26)(H,23,24)/t11-/m1/s1. The number of amides is 1. The Hall–Kier alpha value is -3.16. The highest BCUT2D eigenvalue weighted by atomic mass is 19.1. The van der Waals surface area contributed by atoms with E-state index in [9.17, 15) is 9.18 Å². The number of ether oxygens (including phenoxy) is 1. The highest BCUT2D eigenvalue weighted by Gasteiger charge is 2.22. The number of benzene rings is 1. The van der Waals surface area contributed by atoms with E-state index in [1.54, 1.807) is 18.2 Å². The Morgan fingerprint density at radius 1 is 1.37 bits per heavy atom. The second-order valence-corrected chi connectivity index (χ2v) is 6.72. The predicted molar refractivity (Wildman–Crippen MR) is 98.2 cm³/mol. The summed E-state index contributed by atoms with van der Waals surface area (Å²) in [5, 5.41) is 7.59. The molecule has 140 valence electrons. The third kappa shape index (κ3) is 3.42. The van der Waals surface area contributed by atoms with Gasteiger partial charge in [-0.1, -0.05) is 0 Å². The zero-order valence-electron chi connectivity index (χ0n) is 14.9. The highest BCUT2D eigenvalue weighted by Crippen LogP contribution is 2.32. The van der Waals surface area contributed by atoms with Crippen LogP contribution in [0.4, 0.5) is 10.2 Å². The average Bonchev–Trinajstić information content (AvgIpc) is 3.02. The summed E-state index contributed by atoms with van der Waals surface area (Å²) in [6.07, 6.45) is 4.78. The number of rotatable bonds is 6. The molecule has 1 saturated carbocycles. The highest BCUT2D eigenvalue weighted by molar-refractivity contribution is 5.91. The molecule has 0 unspecified atom stereocenters. The van der Waals surface area contributed by atoms with Gasteiger partial charge in [-0.25, -0.2) is 13.9 Å². The number of hydrogen-bond acceptors (Lipinski definition) is 5. The second-order valence-electron chi connectivity index (χ2n) is 6.72. The van der Waals surface area contributed by atoms with Crippen LogP contribution in [0.15, 0.2) is 36.5 Å². The fourth-order valence-corrected chi connectivity index (χ4v) is 3.05. The van der Waals surface area contributed by atoms with Crippen LogP contribution in [0.3, 0.4) is 0 Å². The van der Waals surface area contributed by atoms with Crippen molar-refractivity contribution in [3.8, 4) is 5.75 Å². The SMILES string of the molecule is C[C@@H](Nc1ccc2ncc(C(N)=O)n2n1)c1cc(F)ccc1OC1CCC1. The molecule has 1 amide bonds. The fourth-order valence-electron chi connectivity index (χ4n) is 3.05. The van der Waals surface area contributed by atoms with E-state index in [0.717, 1.165) is 19.3 Å². The topological polar surface area (TPSA) is 94.5 Å². The number of aromatic nitrogens is 3. The van der Waals surface area contributed by atoms with Crippen LogP contribution in [-0.2, 0) is 0 Å². The summed E-state index contributed by atoms with van der Waals surface area (Å²) in [7, 11) is 0. The summed E-state index contributed by atoms with van der Waals surface area (Å²) in [6.45, 7) is 1.90. The van der Waals surface area contributed by atoms with E-state index in [2.05, 4.69) is 15.4 Å². The average molecular weight is 369 g/mol. The molecule has 1 aliphatic carbocycles. The molecular weight excluding hydrogens is 349 g/mol. The van der Waals surface area contributed by atoms with Crippen molar-refractivity contribution in [1.82, 2.24) is 14.6 Å². The first kappa shape index (κ1) is 17.3. The number of hydrogen-bond donors (Lipinski definition) is 2.